The molecule has 166 valence electrons. The number of rotatable bonds is 17. The Morgan fingerprint density at radius 3 is 2.10 bits per heavy atom. The standard InChI is InChI=1S/C27H41NO2/c1-3-5-7-8-9-10-13-24-14-19-27(28-23-24)25-15-17-26(18-16-25)30-22-12-11-21-29-20-6-4-2/h14-19,23H,3-13,20-22H2,1-2H3. The summed E-state index contributed by atoms with van der Waals surface area (Å²) in [4.78, 5) is 4.67. The van der Waals surface area contributed by atoms with Crippen molar-refractivity contribution >= 4 is 0 Å². The van der Waals surface area contributed by atoms with Crippen molar-refractivity contribution in [3.63, 3.8) is 0 Å². The molecule has 1 aromatic heterocycles. The Hall–Kier alpha value is -1.87. The molecule has 0 atom stereocenters. The third-order valence-corrected chi connectivity index (χ3v) is 5.39. The molecule has 3 nitrogen and oxygen atoms in total. The van der Waals surface area contributed by atoms with E-state index in [-0.39, 0.29) is 0 Å². The molecule has 0 N–H and O–H groups in total. The number of hydrogen-bond donors (Lipinski definition) is 0. The largest absolute Gasteiger partial charge is 0.494 e. The molecule has 0 aliphatic carbocycles. The Labute approximate surface area is 184 Å². The van der Waals surface area contributed by atoms with Crippen LogP contribution in [-0.2, 0) is 11.2 Å². The minimum atomic E-state index is 0.738. The maximum absolute atomic E-state index is 5.85. The molecule has 0 aliphatic heterocycles. The molecule has 0 spiro atoms. The van der Waals surface area contributed by atoms with Crippen LogP contribution in [0, 0.1) is 0 Å². The van der Waals surface area contributed by atoms with Crippen molar-refractivity contribution in [1.82, 2.24) is 4.98 Å². The van der Waals surface area contributed by atoms with Gasteiger partial charge < -0.3 is 9.47 Å². The van der Waals surface area contributed by atoms with Crippen LogP contribution < -0.4 is 4.74 Å². The van der Waals surface area contributed by atoms with Gasteiger partial charge in [-0.3, -0.25) is 4.98 Å². The molecule has 2 rings (SSSR count). The number of aromatic nitrogens is 1. The first-order valence-corrected chi connectivity index (χ1v) is 12.1. The fourth-order valence-corrected chi connectivity index (χ4v) is 3.42. The van der Waals surface area contributed by atoms with Crippen LogP contribution >= 0.6 is 0 Å². The van der Waals surface area contributed by atoms with Crippen LogP contribution in [0.2, 0.25) is 0 Å². The molecule has 0 bridgehead atoms. The van der Waals surface area contributed by atoms with Crippen molar-refractivity contribution in [1.29, 1.82) is 0 Å². The van der Waals surface area contributed by atoms with E-state index in [1.165, 1.54) is 50.5 Å². The lowest BCUT2D eigenvalue weighted by Crippen LogP contribution is -2.01. The summed E-state index contributed by atoms with van der Waals surface area (Å²) in [7, 11) is 0. The van der Waals surface area contributed by atoms with E-state index < -0.39 is 0 Å². The van der Waals surface area contributed by atoms with E-state index in [4.69, 9.17) is 9.47 Å². The topological polar surface area (TPSA) is 31.4 Å². The molecule has 0 saturated heterocycles. The maximum atomic E-state index is 5.85. The van der Waals surface area contributed by atoms with Crippen LogP contribution in [0.5, 0.6) is 5.75 Å². The molecule has 1 heterocycles. The van der Waals surface area contributed by atoms with E-state index in [9.17, 15) is 0 Å². The summed E-state index contributed by atoms with van der Waals surface area (Å²) in [6.45, 7) is 6.91. The van der Waals surface area contributed by atoms with E-state index >= 15 is 0 Å². The lowest BCUT2D eigenvalue weighted by molar-refractivity contribution is 0.123. The fourth-order valence-electron chi connectivity index (χ4n) is 3.42. The minimum Gasteiger partial charge on any atom is -0.494 e. The summed E-state index contributed by atoms with van der Waals surface area (Å²) in [6, 6.07) is 12.6. The number of benzene rings is 1. The third kappa shape index (κ3) is 10.2. The number of unbranched alkanes of at least 4 members (excludes halogenated alkanes) is 7. The highest BCUT2D eigenvalue weighted by atomic mass is 16.5. The Morgan fingerprint density at radius 1 is 0.667 bits per heavy atom. The molecular formula is C27H41NO2. The van der Waals surface area contributed by atoms with Crippen LogP contribution in [0.3, 0.4) is 0 Å². The molecule has 1 aromatic carbocycles. The average Bonchev–Trinajstić information content (AvgIpc) is 2.79. The van der Waals surface area contributed by atoms with Gasteiger partial charge in [-0.1, -0.05) is 58.4 Å². The average molecular weight is 412 g/mol. The molecule has 3 heteroatoms. The molecule has 0 radical (unpaired) electrons. The van der Waals surface area contributed by atoms with Crippen molar-refractivity contribution in [2.45, 2.75) is 84.5 Å². The number of pyridine rings is 1. The summed E-state index contributed by atoms with van der Waals surface area (Å²) in [5, 5.41) is 0. The number of hydrogen-bond acceptors (Lipinski definition) is 3. The van der Waals surface area contributed by atoms with Crippen molar-refractivity contribution in [3.8, 4) is 17.0 Å². The smallest absolute Gasteiger partial charge is 0.119 e. The van der Waals surface area contributed by atoms with Crippen molar-refractivity contribution < 1.29 is 9.47 Å². The number of aryl methyl sites for hydroxylation is 1. The summed E-state index contributed by atoms with van der Waals surface area (Å²) in [5.74, 6) is 0.922. The molecule has 2 aromatic rings. The minimum absolute atomic E-state index is 0.738. The lowest BCUT2D eigenvalue weighted by atomic mass is 10.1. The second kappa shape index (κ2) is 15.9. The van der Waals surface area contributed by atoms with Crippen molar-refractivity contribution in [2.75, 3.05) is 19.8 Å². The van der Waals surface area contributed by atoms with Gasteiger partial charge in [0.1, 0.15) is 5.75 Å². The highest BCUT2D eigenvalue weighted by Crippen LogP contribution is 2.21. The fraction of sp³-hybridized carbons (Fsp3) is 0.593. The Morgan fingerprint density at radius 2 is 1.37 bits per heavy atom. The SMILES string of the molecule is CCCCCCCCc1ccc(-c2ccc(OCCCCOCCCC)cc2)nc1. The molecule has 30 heavy (non-hydrogen) atoms. The van der Waals surface area contributed by atoms with Crippen LogP contribution in [0.25, 0.3) is 11.3 Å². The van der Waals surface area contributed by atoms with E-state index in [1.54, 1.807) is 0 Å². The predicted molar refractivity (Wildman–Crippen MR) is 127 cm³/mol. The second-order valence-electron chi connectivity index (χ2n) is 8.12. The molecule has 0 aliphatic rings. The van der Waals surface area contributed by atoms with Crippen LogP contribution in [0.1, 0.15) is 83.6 Å². The van der Waals surface area contributed by atoms with Gasteiger partial charge in [0.25, 0.3) is 0 Å². The highest BCUT2D eigenvalue weighted by molar-refractivity contribution is 5.60. The summed E-state index contributed by atoms with van der Waals surface area (Å²) in [5.41, 5.74) is 3.50. The first kappa shape index (κ1) is 24.4. The third-order valence-electron chi connectivity index (χ3n) is 5.39. The Balaban J connectivity index is 1.65. The summed E-state index contributed by atoms with van der Waals surface area (Å²) >= 11 is 0. The van der Waals surface area contributed by atoms with Gasteiger partial charge in [-0.25, -0.2) is 0 Å². The number of nitrogens with zero attached hydrogens (tertiary/aromatic N) is 1. The van der Waals surface area contributed by atoms with Crippen molar-refractivity contribution in [3.05, 3.63) is 48.2 Å². The Kier molecular flexibility index (Phi) is 12.9. The van der Waals surface area contributed by atoms with Crippen LogP contribution in [0.4, 0.5) is 0 Å². The van der Waals surface area contributed by atoms with Crippen LogP contribution in [0.15, 0.2) is 42.6 Å². The zero-order valence-electron chi connectivity index (χ0n) is 19.2. The van der Waals surface area contributed by atoms with E-state index in [1.807, 2.05) is 18.3 Å². The summed E-state index contributed by atoms with van der Waals surface area (Å²) < 4.78 is 11.4. The summed E-state index contributed by atoms with van der Waals surface area (Å²) in [6.07, 6.45) is 15.6. The van der Waals surface area contributed by atoms with Gasteiger partial charge >= 0.3 is 0 Å². The molecule has 0 saturated carbocycles. The van der Waals surface area contributed by atoms with E-state index in [0.29, 0.717) is 0 Å². The second-order valence-corrected chi connectivity index (χ2v) is 8.12. The first-order valence-electron chi connectivity index (χ1n) is 12.1. The quantitative estimate of drug-likeness (QED) is 0.251. The lowest BCUT2D eigenvalue weighted by Gasteiger charge is -2.08. The van der Waals surface area contributed by atoms with E-state index in [2.05, 4.69) is 43.1 Å². The van der Waals surface area contributed by atoms with Gasteiger partial charge in [0.15, 0.2) is 0 Å². The van der Waals surface area contributed by atoms with E-state index in [0.717, 1.165) is 62.5 Å². The highest BCUT2D eigenvalue weighted by Gasteiger charge is 2.02. The molecular weight excluding hydrogens is 370 g/mol. The zero-order valence-corrected chi connectivity index (χ0v) is 19.2. The molecule has 0 amide bonds. The van der Waals surface area contributed by atoms with Crippen molar-refractivity contribution in [2.24, 2.45) is 0 Å². The zero-order chi connectivity index (χ0) is 21.3. The molecule has 0 unspecified atom stereocenters. The van der Waals surface area contributed by atoms with Gasteiger partial charge in [0.05, 0.1) is 12.3 Å². The van der Waals surface area contributed by atoms with Gasteiger partial charge in [0, 0.05) is 25.0 Å². The normalized spacial score (nSPS) is 11.0. The van der Waals surface area contributed by atoms with Gasteiger partial charge in [-0.15, -0.1) is 0 Å². The van der Waals surface area contributed by atoms with Gasteiger partial charge in [0.2, 0.25) is 0 Å². The number of ether oxygens (including phenoxy) is 2. The molecule has 0 fully saturated rings. The van der Waals surface area contributed by atoms with Gasteiger partial charge in [-0.05, 0) is 68.0 Å². The van der Waals surface area contributed by atoms with Crippen LogP contribution in [-0.4, -0.2) is 24.8 Å². The first-order chi connectivity index (χ1) is 14.8. The monoisotopic (exact) mass is 411 g/mol. The maximum Gasteiger partial charge on any atom is 0.119 e. The van der Waals surface area contributed by atoms with Gasteiger partial charge in [-0.2, -0.15) is 0 Å². The Bertz CT molecular complexity index is 652. The predicted octanol–water partition coefficient (Wildman–Crippen LogP) is 7.63.